The number of hydrazone groups is 1. The first-order chi connectivity index (χ1) is 12.0. The molecule has 2 atom stereocenters. The van der Waals surface area contributed by atoms with E-state index in [0.717, 1.165) is 11.3 Å². The lowest BCUT2D eigenvalue weighted by molar-refractivity contribution is 0.131. The Hall–Kier alpha value is -0.890. The number of rotatable bonds is 3. The molecule has 0 saturated carbocycles. The molecule has 0 aromatic heterocycles. The van der Waals surface area contributed by atoms with Gasteiger partial charge in [-0.05, 0) is 24.6 Å². The van der Waals surface area contributed by atoms with Crippen LogP contribution in [0.25, 0.3) is 0 Å². The van der Waals surface area contributed by atoms with E-state index in [2.05, 4.69) is 48.7 Å². The van der Waals surface area contributed by atoms with Crippen molar-refractivity contribution >= 4 is 56.4 Å². The average Bonchev–Trinajstić information content (AvgIpc) is 2.64. The van der Waals surface area contributed by atoms with Gasteiger partial charge in [-0.25, -0.2) is 10.0 Å². The van der Waals surface area contributed by atoms with Crippen molar-refractivity contribution in [1.29, 1.82) is 0 Å². The topological polar surface area (TPSA) is 46.4 Å². The van der Waals surface area contributed by atoms with Crippen LogP contribution in [0, 0.1) is 0 Å². The third kappa shape index (κ3) is 7.09. The minimum absolute atomic E-state index is 0.0879. The fourth-order valence-electron chi connectivity index (χ4n) is 1.95. The summed E-state index contributed by atoms with van der Waals surface area (Å²) in [6.07, 6.45) is 7.31. The molecule has 2 rings (SSSR count). The Morgan fingerprint density at radius 2 is 2.04 bits per heavy atom. The Balaban J connectivity index is 0.000000421. The summed E-state index contributed by atoms with van der Waals surface area (Å²) in [6.45, 7) is 9.37. The van der Waals surface area contributed by atoms with Gasteiger partial charge < -0.3 is 9.47 Å². The second kappa shape index (κ2) is 13.3. The molecule has 140 valence electrons. The van der Waals surface area contributed by atoms with Crippen LogP contribution < -0.4 is 0 Å². The maximum Gasteiger partial charge on any atom is 0.161 e. The summed E-state index contributed by atoms with van der Waals surface area (Å²) in [5.41, 5.74) is 1.13. The van der Waals surface area contributed by atoms with E-state index in [1.807, 2.05) is 32.9 Å². The van der Waals surface area contributed by atoms with Crippen LogP contribution in [0.1, 0.15) is 20.8 Å². The third-order valence-corrected chi connectivity index (χ3v) is 4.57. The van der Waals surface area contributed by atoms with Crippen LogP contribution in [-0.2, 0) is 9.47 Å². The summed E-state index contributed by atoms with van der Waals surface area (Å²) in [5.74, 6) is 1.50. The second-order valence-electron chi connectivity index (χ2n) is 4.40. The van der Waals surface area contributed by atoms with Crippen LogP contribution >= 0.6 is 43.5 Å². The summed E-state index contributed by atoms with van der Waals surface area (Å²) < 4.78 is 10.5. The Kier molecular flexibility index (Phi) is 12.9. The number of hydrogen-bond acceptors (Lipinski definition) is 5. The largest absolute Gasteiger partial charge is 0.497 e. The van der Waals surface area contributed by atoms with Crippen LogP contribution in [0.15, 0.2) is 55.6 Å². The minimum Gasteiger partial charge on any atom is -0.497 e. The summed E-state index contributed by atoms with van der Waals surface area (Å²) in [6, 6.07) is 0. The Morgan fingerprint density at radius 1 is 1.40 bits per heavy atom. The van der Waals surface area contributed by atoms with Gasteiger partial charge in [-0.15, -0.1) is 0 Å². The number of ether oxygens (including phenoxy) is 2. The standard InChI is InChI=1S/C9H13BrO2.C6H5BrClN3.C2H6/c1-6-8(11-2)5-4-7(10)9(6)12-3;1-9-11-5(8)2-3-10-6(11)4-7;1-2/h4-5,7,9H,1-3H3;2-4H,1H2;1-2H3/b;6-4+;. The molecule has 0 N–H and O–H groups in total. The highest BCUT2D eigenvalue weighted by Crippen LogP contribution is 2.26. The smallest absolute Gasteiger partial charge is 0.161 e. The van der Waals surface area contributed by atoms with Gasteiger partial charge in [-0.2, -0.15) is 5.10 Å². The molecule has 0 aromatic carbocycles. The highest BCUT2D eigenvalue weighted by Gasteiger charge is 2.24. The van der Waals surface area contributed by atoms with Crippen LogP contribution in [0.2, 0.25) is 0 Å². The molecule has 0 saturated heterocycles. The highest BCUT2D eigenvalue weighted by molar-refractivity contribution is 9.11. The molecular formula is C17H24Br2ClN3O2. The second-order valence-corrected chi connectivity index (χ2v) is 6.30. The molecule has 2 aliphatic rings. The van der Waals surface area contributed by atoms with E-state index in [-0.39, 0.29) is 10.9 Å². The SMILES string of the molecule is C=NN1C(Cl)=CC=N/C1=C\Br.CC.COC1=C(C)C(OC)C(Br)C=C1. The maximum atomic E-state index is 5.76. The molecule has 1 aliphatic heterocycles. The molecule has 0 bridgehead atoms. The lowest BCUT2D eigenvalue weighted by atomic mass is 10.0. The first-order valence-corrected chi connectivity index (χ1v) is 9.77. The molecule has 0 radical (unpaired) electrons. The lowest BCUT2D eigenvalue weighted by Crippen LogP contribution is -2.26. The molecule has 0 fully saturated rings. The van der Waals surface area contributed by atoms with Crippen LogP contribution in [-0.4, -0.2) is 43.1 Å². The summed E-state index contributed by atoms with van der Waals surface area (Å²) in [4.78, 5) is 5.84. The third-order valence-electron chi connectivity index (χ3n) is 3.09. The minimum atomic E-state index is 0.0879. The number of methoxy groups -OCH3 is 2. The number of allylic oxidation sites excluding steroid dienone is 2. The van der Waals surface area contributed by atoms with Crippen molar-refractivity contribution in [3.63, 3.8) is 0 Å². The van der Waals surface area contributed by atoms with Crippen molar-refractivity contribution in [2.45, 2.75) is 31.7 Å². The molecule has 2 unspecified atom stereocenters. The van der Waals surface area contributed by atoms with Crippen molar-refractivity contribution in [2.24, 2.45) is 10.1 Å². The van der Waals surface area contributed by atoms with Crippen molar-refractivity contribution in [3.8, 4) is 0 Å². The van der Waals surface area contributed by atoms with Crippen LogP contribution in [0.3, 0.4) is 0 Å². The van der Waals surface area contributed by atoms with Gasteiger partial charge in [0.15, 0.2) is 5.82 Å². The number of hydrogen-bond donors (Lipinski definition) is 0. The molecule has 1 heterocycles. The monoisotopic (exact) mass is 495 g/mol. The van der Waals surface area contributed by atoms with Gasteiger partial charge in [0, 0.05) is 25.0 Å². The van der Waals surface area contributed by atoms with Gasteiger partial charge in [-0.3, -0.25) is 0 Å². The van der Waals surface area contributed by atoms with E-state index in [1.165, 1.54) is 5.01 Å². The molecule has 0 spiro atoms. The van der Waals surface area contributed by atoms with Crippen molar-refractivity contribution in [2.75, 3.05) is 14.2 Å². The van der Waals surface area contributed by atoms with Crippen molar-refractivity contribution in [3.05, 3.63) is 45.5 Å². The van der Waals surface area contributed by atoms with Crippen molar-refractivity contribution < 1.29 is 9.47 Å². The molecular weight excluding hydrogens is 473 g/mol. The molecule has 5 nitrogen and oxygen atoms in total. The molecule has 0 aromatic rings. The quantitative estimate of drug-likeness (QED) is 0.292. The lowest BCUT2D eigenvalue weighted by Gasteiger charge is -2.24. The van der Waals surface area contributed by atoms with E-state index >= 15 is 0 Å². The van der Waals surface area contributed by atoms with Gasteiger partial charge in [-0.1, -0.05) is 63.4 Å². The first-order valence-electron chi connectivity index (χ1n) is 7.57. The van der Waals surface area contributed by atoms with Gasteiger partial charge in [0.25, 0.3) is 0 Å². The Morgan fingerprint density at radius 3 is 2.48 bits per heavy atom. The predicted octanol–water partition coefficient (Wildman–Crippen LogP) is 5.54. The Bertz CT molecular complexity index is 586. The zero-order valence-electron chi connectivity index (χ0n) is 15.0. The van der Waals surface area contributed by atoms with Gasteiger partial charge in [0.2, 0.25) is 0 Å². The van der Waals surface area contributed by atoms with Gasteiger partial charge in [0.05, 0.1) is 18.0 Å². The molecule has 0 amide bonds. The maximum absolute atomic E-state index is 5.76. The van der Waals surface area contributed by atoms with E-state index in [0.29, 0.717) is 11.0 Å². The van der Waals surface area contributed by atoms with Gasteiger partial charge >= 0.3 is 0 Å². The predicted molar refractivity (Wildman–Crippen MR) is 115 cm³/mol. The van der Waals surface area contributed by atoms with Crippen LogP contribution in [0.4, 0.5) is 0 Å². The van der Waals surface area contributed by atoms with Gasteiger partial charge in [0.1, 0.15) is 10.9 Å². The zero-order valence-corrected chi connectivity index (χ0v) is 19.0. The highest BCUT2D eigenvalue weighted by atomic mass is 79.9. The normalized spacial score (nSPS) is 23.3. The number of halogens is 3. The fraction of sp³-hybridized carbons (Fsp3) is 0.412. The van der Waals surface area contributed by atoms with Crippen molar-refractivity contribution in [1.82, 2.24) is 5.01 Å². The Labute approximate surface area is 172 Å². The first kappa shape index (κ1) is 24.1. The summed E-state index contributed by atoms with van der Waals surface area (Å²) in [5, 5.41) is 5.54. The fourth-order valence-corrected chi connectivity index (χ4v) is 3.22. The van der Waals surface area contributed by atoms with E-state index in [9.17, 15) is 0 Å². The number of aliphatic imine (C=N–C) groups is 1. The number of nitrogens with zero attached hydrogens (tertiary/aromatic N) is 3. The van der Waals surface area contributed by atoms with E-state index < -0.39 is 0 Å². The summed E-state index contributed by atoms with van der Waals surface area (Å²) in [7, 11) is 3.37. The van der Waals surface area contributed by atoms with E-state index in [1.54, 1.807) is 31.5 Å². The molecule has 25 heavy (non-hydrogen) atoms. The average molecular weight is 498 g/mol. The number of alkyl halides is 1. The molecule has 1 aliphatic carbocycles. The van der Waals surface area contributed by atoms with E-state index in [4.69, 9.17) is 21.1 Å². The summed E-state index contributed by atoms with van der Waals surface area (Å²) >= 11 is 12.4. The zero-order chi connectivity index (χ0) is 19.4. The van der Waals surface area contributed by atoms with Crippen LogP contribution in [0.5, 0.6) is 0 Å². The molecule has 8 heteroatoms.